The van der Waals surface area contributed by atoms with Crippen molar-refractivity contribution in [2.24, 2.45) is 5.73 Å². The first-order chi connectivity index (χ1) is 6.63. The van der Waals surface area contributed by atoms with Gasteiger partial charge in [-0.1, -0.05) is 6.07 Å². The maximum absolute atomic E-state index is 10.9. The summed E-state index contributed by atoms with van der Waals surface area (Å²) in [5.41, 5.74) is 5.65. The summed E-state index contributed by atoms with van der Waals surface area (Å²) < 4.78 is 0. The van der Waals surface area contributed by atoms with E-state index in [1.165, 1.54) is 12.1 Å². The Hall–Kier alpha value is -1.59. The van der Waals surface area contributed by atoms with Crippen molar-refractivity contribution in [2.45, 2.75) is 0 Å². The number of carboxylic acids is 1. The number of carbonyl (C=O) groups is 2. The minimum atomic E-state index is -1.03. The molecule has 0 aromatic heterocycles. The molecule has 1 amide bonds. The number of nitrogens with one attached hydrogen (secondary N) is 1. The minimum Gasteiger partial charge on any atom is -0.478 e. The Labute approximate surface area is 92.7 Å². The van der Waals surface area contributed by atoms with Gasteiger partial charge in [-0.05, 0) is 18.2 Å². The van der Waals surface area contributed by atoms with Gasteiger partial charge in [-0.3, -0.25) is 4.79 Å². The van der Waals surface area contributed by atoms with Gasteiger partial charge in [0, 0.05) is 5.69 Å². The zero-order valence-corrected chi connectivity index (χ0v) is 8.58. The fourth-order valence-electron chi connectivity index (χ4n) is 0.942. The lowest BCUT2D eigenvalue weighted by atomic mass is 10.2. The molecule has 1 rings (SSSR count). The normalized spacial score (nSPS) is 8.87. The third-order valence-corrected chi connectivity index (χ3v) is 1.58. The Morgan fingerprint density at radius 1 is 1.40 bits per heavy atom. The molecule has 0 heterocycles. The predicted octanol–water partition coefficient (Wildman–Crippen LogP) is 0.704. The van der Waals surface area contributed by atoms with Crippen LogP contribution >= 0.6 is 12.4 Å². The Balaban J connectivity index is 0.00000196. The summed E-state index contributed by atoms with van der Waals surface area (Å²) in [5, 5.41) is 11.1. The van der Waals surface area contributed by atoms with Gasteiger partial charge in [-0.15, -0.1) is 12.4 Å². The van der Waals surface area contributed by atoms with Crippen molar-refractivity contribution < 1.29 is 14.7 Å². The number of rotatable bonds is 3. The molecular weight excluding hydrogens is 220 g/mol. The summed E-state index contributed by atoms with van der Waals surface area (Å²) in [6, 6.07) is 5.96. The number of amides is 1. The van der Waals surface area contributed by atoms with Crippen LogP contribution in [-0.2, 0) is 4.79 Å². The van der Waals surface area contributed by atoms with Crippen molar-refractivity contribution in [1.82, 2.24) is 0 Å². The largest absolute Gasteiger partial charge is 0.478 e. The second-order valence-corrected chi connectivity index (χ2v) is 2.64. The fraction of sp³-hybridized carbons (Fsp3) is 0.111. The zero-order chi connectivity index (χ0) is 10.6. The van der Waals surface area contributed by atoms with E-state index in [-0.39, 0.29) is 30.4 Å². The lowest BCUT2D eigenvalue weighted by Crippen LogP contribution is -2.21. The van der Waals surface area contributed by atoms with Crippen LogP contribution in [0.3, 0.4) is 0 Å². The topological polar surface area (TPSA) is 92.4 Å². The molecule has 0 fully saturated rings. The monoisotopic (exact) mass is 230 g/mol. The zero-order valence-electron chi connectivity index (χ0n) is 7.77. The van der Waals surface area contributed by atoms with Gasteiger partial charge >= 0.3 is 5.97 Å². The maximum Gasteiger partial charge on any atom is 0.335 e. The van der Waals surface area contributed by atoms with E-state index < -0.39 is 5.97 Å². The summed E-state index contributed by atoms with van der Waals surface area (Å²) >= 11 is 0. The fourth-order valence-corrected chi connectivity index (χ4v) is 0.942. The van der Waals surface area contributed by atoms with Gasteiger partial charge < -0.3 is 16.2 Å². The molecule has 0 unspecified atom stereocenters. The lowest BCUT2D eigenvalue weighted by Gasteiger charge is -2.03. The molecular formula is C9H11ClN2O3. The number of hydrogen-bond acceptors (Lipinski definition) is 3. The van der Waals surface area contributed by atoms with Crippen LogP contribution in [0.5, 0.6) is 0 Å². The van der Waals surface area contributed by atoms with E-state index in [9.17, 15) is 9.59 Å². The van der Waals surface area contributed by atoms with Crippen molar-refractivity contribution in [2.75, 3.05) is 11.9 Å². The molecule has 0 saturated carbocycles. The van der Waals surface area contributed by atoms with Crippen LogP contribution in [0.2, 0.25) is 0 Å². The molecule has 0 radical (unpaired) electrons. The van der Waals surface area contributed by atoms with Gasteiger partial charge in [0.1, 0.15) is 0 Å². The molecule has 0 aliphatic carbocycles. The van der Waals surface area contributed by atoms with Crippen LogP contribution in [0.15, 0.2) is 24.3 Å². The molecule has 1 aromatic carbocycles. The number of benzene rings is 1. The molecule has 5 nitrogen and oxygen atoms in total. The van der Waals surface area contributed by atoms with Crippen LogP contribution in [-0.4, -0.2) is 23.5 Å². The summed E-state index contributed by atoms with van der Waals surface area (Å²) in [5.74, 6) is -1.39. The van der Waals surface area contributed by atoms with Crippen LogP contribution in [0.4, 0.5) is 5.69 Å². The molecule has 82 valence electrons. The highest BCUT2D eigenvalue weighted by atomic mass is 35.5. The first kappa shape index (κ1) is 13.4. The predicted molar refractivity (Wildman–Crippen MR) is 58.3 cm³/mol. The van der Waals surface area contributed by atoms with E-state index in [4.69, 9.17) is 10.8 Å². The first-order valence-electron chi connectivity index (χ1n) is 3.97. The molecule has 1 aromatic rings. The van der Waals surface area contributed by atoms with Crippen molar-refractivity contribution in [1.29, 1.82) is 0 Å². The van der Waals surface area contributed by atoms with E-state index in [0.717, 1.165) is 0 Å². The van der Waals surface area contributed by atoms with E-state index >= 15 is 0 Å². The number of aromatic carboxylic acids is 1. The highest BCUT2D eigenvalue weighted by molar-refractivity contribution is 5.94. The molecule has 0 spiro atoms. The Morgan fingerprint density at radius 2 is 2.07 bits per heavy atom. The maximum atomic E-state index is 10.9. The minimum absolute atomic E-state index is 0. The first-order valence-corrected chi connectivity index (χ1v) is 3.97. The summed E-state index contributed by atoms with van der Waals surface area (Å²) in [7, 11) is 0. The number of halogens is 1. The van der Waals surface area contributed by atoms with Gasteiger partial charge in [-0.25, -0.2) is 4.79 Å². The average Bonchev–Trinajstić information content (AvgIpc) is 2.18. The van der Waals surface area contributed by atoms with E-state index in [1.54, 1.807) is 12.1 Å². The second kappa shape index (κ2) is 6.00. The molecule has 0 aliphatic rings. The Morgan fingerprint density at radius 3 is 2.60 bits per heavy atom. The Kier molecular flexibility index (Phi) is 5.36. The van der Waals surface area contributed by atoms with Crippen LogP contribution in [0, 0.1) is 0 Å². The second-order valence-electron chi connectivity index (χ2n) is 2.64. The van der Waals surface area contributed by atoms with Gasteiger partial charge in [0.05, 0.1) is 12.1 Å². The van der Waals surface area contributed by atoms with Gasteiger partial charge in [0.25, 0.3) is 0 Å². The number of carboxylic acid groups (broad SMARTS) is 1. The van der Waals surface area contributed by atoms with Crippen LogP contribution in [0.25, 0.3) is 0 Å². The number of anilines is 1. The molecule has 4 N–H and O–H groups in total. The van der Waals surface area contributed by atoms with Gasteiger partial charge in [-0.2, -0.15) is 0 Å². The third-order valence-electron chi connectivity index (χ3n) is 1.58. The third kappa shape index (κ3) is 3.97. The van der Waals surface area contributed by atoms with E-state index in [0.29, 0.717) is 5.69 Å². The smallest absolute Gasteiger partial charge is 0.335 e. The van der Waals surface area contributed by atoms with Crippen molar-refractivity contribution >= 4 is 30.0 Å². The average molecular weight is 231 g/mol. The lowest BCUT2D eigenvalue weighted by molar-refractivity contribution is -0.114. The highest BCUT2D eigenvalue weighted by Crippen LogP contribution is 2.10. The quantitative estimate of drug-likeness (QED) is 0.713. The summed E-state index contributed by atoms with van der Waals surface area (Å²) in [6.45, 7) is -0.128. The molecule has 0 atom stereocenters. The van der Waals surface area contributed by atoms with Crippen molar-refractivity contribution in [3.8, 4) is 0 Å². The van der Waals surface area contributed by atoms with E-state index in [1.807, 2.05) is 0 Å². The van der Waals surface area contributed by atoms with Crippen LogP contribution in [0.1, 0.15) is 10.4 Å². The number of hydrogen-bond donors (Lipinski definition) is 3. The standard InChI is InChI=1S/C9H10N2O3.ClH/c10-5-8(12)11-7-3-1-2-6(4-7)9(13)14;/h1-4H,5,10H2,(H,11,12)(H,13,14);1H. The summed E-state index contributed by atoms with van der Waals surface area (Å²) in [4.78, 5) is 21.4. The molecule has 0 bridgehead atoms. The van der Waals surface area contributed by atoms with Gasteiger partial charge in [0.15, 0.2) is 0 Å². The molecule has 15 heavy (non-hydrogen) atoms. The summed E-state index contributed by atoms with van der Waals surface area (Å²) in [6.07, 6.45) is 0. The molecule has 0 saturated heterocycles. The van der Waals surface area contributed by atoms with Crippen molar-refractivity contribution in [3.63, 3.8) is 0 Å². The van der Waals surface area contributed by atoms with Crippen LogP contribution < -0.4 is 11.1 Å². The SMILES string of the molecule is Cl.NCC(=O)Nc1cccc(C(=O)O)c1. The Bertz CT molecular complexity index is 368. The van der Waals surface area contributed by atoms with Crippen molar-refractivity contribution in [3.05, 3.63) is 29.8 Å². The molecule has 0 aliphatic heterocycles. The highest BCUT2D eigenvalue weighted by Gasteiger charge is 2.04. The molecule has 6 heteroatoms. The van der Waals surface area contributed by atoms with Gasteiger partial charge in [0.2, 0.25) is 5.91 Å². The number of nitrogens with two attached hydrogens (primary N) is 1. The number of carbonyl (C=O) groups excluding carboxylic acids is 1. The van der Waals surface area contributed by atoms with E-state index in [2.05, 4.69) is 5.32 Å².